The van der Waals surface area contributed by atoms with Gasteiger partial charge in [-0.3, -0.25) is 4.79 Å². The number of likely N-dealkylation sites (tertiary alicyclic amines) is 1. The lowest BCUT2D eigenvalue weighted by molar-refractivity contribution is -0.192. The minimum Gasteiger partial charge on any atom is -0.477 e. The number of alkyl halides is 3. The molecule has 0 aromatic carbocycles. The number of nitrogens with zero attached hydrogens (tertiary/aromatic N) is 4. The summed E-state index contributed by atoms with van der Waals surface area (Å²) in [6.45, 7) is 2.41. The molecule has 9 nitrogen and oxygen atoms in total. The van der Waals surface area contributed by atoms with Gasteiger partial charge in [0.2, 0.25) is 11.7 Å². The maximum Gasteiger partial charge on any atom is 0.490 e. The van der Waals surface area contributed by atoms with Crippen molar-refractivity contribution in [3.05, 3.63) is 48.7 Å². The summed E-state index contributed by atoms with van der Waals surface area (Å²) in [6.07, 6.45) is 1.57. The molecule has 2 aliphatic heterocycles. The highest BCUT2D eigenvalue weighted by atomic mass is 19.4. The summed E-state index contributed by atoms with van der Waals surface area (Å²) in [4.78, 5) is 35.8. The lowest BCUT2D eigenvalue weighted by Gasteiger charge is -2.42. The number of carbonyl (C=O) groups is 2. The summed E-state index contributed by atoms with van der Waals surface area (Å²) in [7, 11) is 0. The van der Waals surface area contributed by atoms with Crippen LogP contribution in [0.25, 0.3) is 0 Å². The molecule has 0 bridgehead atoms. The molecule has 32 heavy (non-hydrogen) atoms. The summed E-state index contributed by atoms with van der Waals surface area (Å²) in [5, 5.41) is 7.12. The molecular formula is C20H21F3N4O5. The quantitative estimate of drug-likeness (QED) is 0.748. The van der Waals surface area contributed by atoms with Crippen LogP contribution in [0.2, 0.25) is 0 Å². The molecule has 1 N–H and O–H groups in total. The second kappa shape index (κ2) is 9.90. The number of ether oxygens (including phenoxy) is 2. The predicted molar refractivity (Wildman–Crippen MR) is 103 cm³/mol. The largest absolute Gasteiger partial charge is 0.490 e. The first-order valence-corrected chi connectivity index (χ1v) is 9.73. The first-order valence-electron chi connectivity index (χ1n) is 9.73. The van der Waals surface area contributed by atoms with Crippen molar-refractivity contribution in [3.63, 3.8) is 0 Å². The number of aliphatic carboxylic acids is 1. The van der Waals surface area contributed by atoms with E-state index in [2.05, 4.69) is 15.0 Å². The third-order valence-electron chi connectivity index (χ3n) is 5.20. The van der Waals surface area contributed by atoms with Gasteiger partial charge in [0.25, 0.3) is 5.91 Å². The van der Waals surface area contributed by atoms with Crippen molar-refractivity contribution < 1.29 is 37.3 Å². The van der Waals surface area contributed by atoms with Crippen molar-refractivity contribution in [2.45, 2.75) is 25.1 Å². The summed E-state index contributed by atoms with van der Waals surface area (Å²) >= 11 is 0. The molecule has 2 fully saturated rings. The fourth-order valence-corrected chi connectivity index (χ4v) is 3.63. The van der Waals surface area contributed by atoms with Gasteiger partial charge in [-0.05, 0) is 25.0 Å². The van der Waals surface area contributed by atoms with Crippen LogP contribution in [-0.4, -0.2) is 75.4 Å². The lowest BCUT2D eigenvalue weighted by atomic mass is 9.77. The maximum atomic E-state index is 12.7. The molecule has 2 aromatic rings. The number of hydrogen-bond acceptors (Lipinski definition) is 7. The first kappa shape index (κ1) is 23.4. The molecular weight excluding hydrogens is 433 g/mol. The monoisotopic (exact) mass is 454 g/mol. The van der Waals surface area contributed by atoms with Gasteiger partial charge in [-0.2, -0.15) is 13.2 Å². The van der Waals surface area contributed by atoms with E-state index in [0.29, 0.717) is 32.2 Å². The molecule has 12 heteroatoms. The fraction of sp³-hybridized carbons (Fsp3) is 0.450. The van der Waals surface area contributed by atoms with Gasteiger partial charge < -0.3 is 19.5 Å². The molecule has 2 aromatic heterocycles. The Balaban J connectivity index is 0.000000360. The maximum absolute atomic E-state index is 12.7. The van der Waals surface area contributed by atoms with Crippen molar-refractivity contribution in [2.75, 3.05) is 26.3 Å². The molecule has 2 atom stereocenters. The smallest absolute Gasteiger partial charge is 0.477 e. The highest BCUT2D eigenvalue weighted by molar-refractivity contribution is 5.90. The van der Waals surface area contributed by atoms with Crippen molar-refractivity contribution in [3.8, 4) is 5.88 Å². The standard InChI is InChI=1S/C18H20N4O3.C2HF3O2/c23-17(16-20-8-3-9-21-16)22-10-5-14-18(12-22,6-11-24-14)13-25-15-4-1-2-7-19-15;3-2(4,5)1(6)7/h1-4,7-9,14H,5-6,10-13H2;(H,6,7)/t14-,18+;/m1./s1. The molecule has 1 amide bonds. The van der Waals surface area contributed by atoms with Crippen LogP contribution < -0.4 is 4.74 Å². The summed E-state index contributed by atoms with van der Waals surface area (Å²) in [6, 6.07) is 7.29. The number of halogens is 3. The van der Waals surface area contributed by atoms with Crippen LogP contribution >= 0.6 is 0 Å². The van der Waals surface area contributed by atoms with Crippen molar-refractivity contribution >= 4 is 11.9 Å². The number of rotatable bonds is 4. The molecule has 0 aliphatic carbocycles. The van der Waals surface area contributed by atoms with E-state index in [1.807, 2.05) is 23.1 Å². The zero-order valence-electron chi connectivity index (χ0n) is 16.9. The molecule has 0 unspecified atom stereocenters. The van der Waals surface area contributed by atoms with E-state index >= 15 is 0 Å². The average molecular weight is 454 g/mol. The molecule has 172 valence electrons. The Bertz CT molecular complexity index is 916. The minimum absolute atomic E-state index is 0.108. The predicted octanol–water partition coefficient (Wildman–Crippen LogP) is 2.21. The second-order valence-corrected chi connectivity index (χ2v) is 7.32. The number of fused-ring (bicyclic) bond motifs is 1. The van der Waals surface area contributed by atoms with Crippen LogP contribution in [0, 0.1) is 5.41 Å². The van der Waals surface area contributed by atoms with Crippen molar-refractivity contribution in [2.24, 2.45) is 5.41 Å². The van der Waals surface area contributed by atoms with Crippen LogP contribution in [0.5, 0.6) is 5.88 Å². The van der Waals surface area contributed by atoms with Crippen LogP contribution in [0.15, 0.2) is 42.9 Å². The Labute approximate surface area is 181 Å². The summed E-state index contributed by atoms with van der Waals surface area (Å²) < 4.78 is 43.6. The third kappa shape index (κ3) is 5.69. The Morgan fingerprint density at radius 1 is 1.19 bits per heavy atom. The number of piperidine rings is 1. The van der Waals surface area contributed by atoms with E-state index in [4.69, 9.17) is 19.4 Å². The van der Waals surface area contributed by atoms with Gasteiger partial charge in [0.1, 0.15) is 0 Å². The first-order chi connectivity index (χ1) is 15.2. The summed E-state index contributed by atoms with van der Waals surface area (Å²) in [5.74, 6) is -2.06. The van der Waals surface area contributed by atoms with Crippen LogP contribution in [0.4, 0.5) is 13.2 Å². The van der Waals surface area contributed by atoms with Crippen LogP contribution in [0.1, 0.15) is 23.5 Å². The van der Waals surface area contributed by atoms with Crippen molar-refractivity contribution in [1.82, 2.24) is 19.9 Å². The SMILES string of the molecule is O=C(O)C(F)(F)F.O=C(c1ncccn1)N1CC[C@H]2OCC[C@@]2(COc2ccccn2)C1. The molecule has 0 saturated carbocycles. The van der Waals surface area contributed by atoms with Gasteiger partial charge in [-0.1, -0.05) is 6.07 Å². The Hall–Kier alpha value is -3.28. The Morgan fingerprint density at radius 2 is 1.88 bits per heavy atom. The third-order valence-corrected chi connectivity index (χ3v) is 5.20. The van der Waals surface area contributed by atoms with Crippen molar-refractivity contribution in [1.29, 1.82) is 0 Å². The molecule has 0 radical (unpaired) electrons. The molecule has 0 spiro atoms. The molecule has 4 heterocycles. The van der Waals surface area contributed by atoms with Gasteiger partial charge in [0.05, 0.1) is 18.1 Å². The molecule has 2 aliphatic rings. The van der Waals surface area contributed by atoms with Gasteiger partial charge >= 0.3 is 12.1 Å². The van der Waals surface area contributed by atoms with E-state index in [9.17, 15) is 18.0 Å². The number of pyridine rings is 1. The van der Waals surface area contributed by atoms with Crippen LogP contribution in [0.3, 0.4) is 0 Å². The lowest BCUT2D eigenvalue weighted by Crippen LogP contribution is -2.54. The Morgan fingerprint density at radius 3 is 2.50 bits per heavy atom. The zero-order valence-corrected chi connectivity index (χ0v) is 16.9. The zero-order chi connectivity index (χ0) is 23.2. The number of carboxylic acids is 1. The topological polar surface area (TPSA) is 115 Å². The number of hydrogen-bond donors (Lipinski definition) is 1. The minimum atomic E-state index is -5.08. The van der Waals surface area contributed by atoms with Gasteiger partial charge in [-0.15, -0.1) is 0 Å². The highest BCUT2D eigenvalue weighted by Gasteiger charge is 2.50. The Kier molecular flexibility index (Phi) is 7.23. The second-order valence-electron chi connectivity index (χ2n) is 7.32. The molecule has 4 rings (SSSR count). The number of amides is 1. The number of carbonyl (C=O) groups excluding carboxylic acids is 1. The molecule has 2 saturated heterocycles. The van der Waals surface area contributed by atoms with Crippen LogP contribution in [-0.2, 0) is 9.53 Å². The highest BCUT2D eigenvalue weighted by Crippen LogP contribution is 2.41. The number of carboxylic acid groups (broad SMARTS) is 1. The summed E-state index contributed by atoms with van der Waals surface area (Å²) in [5.41, 5.74) is -0.208. The van der Waals surface area contributed by atoms with E-state index < -0.39 is 12.1 Å². The van der Waals surface area contributed by atoms with E-state index in [1.54, 1.807) is 24.7 Å². The van der Waals surface area contributed by atoms with E-state index in [1.165, 1.54) is 0 Å². The van der Waals surface area contributed by atoms with E-state index in [0.717, 1.165) is 12.8 Å². The normalized spacial score (nSPS) is 22.3. The van der Waals surface area contributed by atoms with Gasteiger partial charge in [0.15, 0.2) is 0 Å². The average Bonchev–Trinajstić information content (AvgIpc) is 3.22. The van der Waals surface area contributed by atoms with Gasteiger partial charge in [0, 0.05) is 44.4 Å². The van der Waals surface area contributed by atoms with Gasteiger partial charge in [-0.25, -0.2) is 19.7 Å². The van der Waals surface area contributed by atoms with E-state index in [-0.39, 0.29) is 23.3 Å². The fourth-order valence-electron chi connectivity index (χ4n) is 3.63. The number of aromatic nitrogens is 3.